The molecule has 2 atom stereocenters. The van der Waals surface area contributed by atoms with E-state index in [-0.39, 0.29) is 18.8 Å². The molecule has 2 aliphatic heterocycles. The molecule has 0 bridgehead atoms. The highest BCUT2D eigenvalue weighted by Crippen LogP contribution is 2.31. The fraction of sp³-hybridized carbons (Fsp3) is 0.385. The van der Waals surface area contributed by atoms with Crippen LogP contribution < -0.4 is 5.32 Å². The number of aromatic nitrogens is 3. The SMILES string of the molecule is Cc1nnc2n1-c1ccc(C(=O)NCCOC3CCCCO3)cc1C(c1ccc(Cl)cc1)=N[C@H]2CO. The van der Waals surface area contributed by atoms with Crippen LogP contribution in [0.1, 0.15) is 58.4 Å². The number of ether oxygens (including phenoxy) is 2. The Bertz CT molecular complexity index is 1270. The summed E-state index contributed by atoms with van der Waals surface area (Å²) in [5, 5.41) is 22.1. The van der Waals surface area contributed by atoms with E-state index in [1.54, 1.807) is 18.2 Å². The maximum atomic E-state index is 13.0. The quantitative estimate of drug-likeness (QED) is 0.472. The van der Waals surface area contributed by atoms with Crippen LogP contribution in [0.2, 0.25) is 5.02 Å². The van der Waals surface area contributed by atoms with Crippen molar-refractivity contribution in [2.75, 3.05) is 26.4 Å². The minimum atomic E-state index is -0.610. The van der Waals surface area contributed by atoms with Crippen LogP contribution >= 0.6 is 11.6 Å². The number of aliphatic imine (C=N–C) groups is 1. The second-order valence-corrected chi connectivity index (χ2v) is 9.21. The first-order valence-electron chi connectivity index (χ1n) is 12.1. The molecule has 10 heteroatoms. The molecule has 1 fully saturated rings. The Morgan fingerprint density at radius 1 is 1.22 bits per heavy atom. The molecule has 0 spiro atoms. The molecule has 0 radical (unpaired) electrons. The lowest BCUT2D eigenvalue weighted by molar-refractivity contribution is -0.161. The molecule has 1 unspecified atom stereocenters. The first kappa shape index (κ1) is 24.6. The van der Waals surface area contributed by atoms with Crippen molar-refractivity contribution < 1.29 is 19.4 Å². The summed E-state index contributed by atoms with van der Waals surface area (Å²) >= 11 is 6.12. The molecule has 2 aromatic carbocycles. The minimum Gasteiger partial charge on any atom is -0.394 e. The lowest BCUT2D eigenvalue weighted by Gasteiger charge is -2.22. The number of benzene rings is 2. The molecule has 1 saturated heterocycles. The van der Waals surface area contributed by atoms with E-state index in [4.69, 9.17) is 26.1 Å². The average molecular weight is 510 g/mol. The summed E-state index contributed by atoms with van der Waals surface area (Å²) in [6, 6.07) is 12.1. The van der Waals surface area contributed by atoms with E-state index in [9.17, 15) is 9.90 Å². The summed E-state index contributed by atoms with van der Waals surface area (Å²) < 4.78 is 13.2. The van der Waals surface area contributed by atoms with Gasteiger partial charge in [0.25, 0.3) is 5.91 Å². The van der Waals surface area contributed by atoms with E-state index in [1.165, 1.54) is 0 Å². The van der Waals surface area contributed by atoms with Gasteiger partial charge in [0.1, 0.15) is 11.9 Å². The molecule has 188 valence electrons. The monoisotopic (exact) mass is 509 g/mol. The largest absolute Gasteiger partial charge is 0.394 e. The zero-order chi connectivity index (χ0) is 25.1. The zero-order valence-corrected chi connectivity index (χ0v) is 20.7. The number of hydrogen-bond donors (Lipinski definition) is 2. The number of carbonyl (C=O) groups excluding carboxylic acids is 1. The molecule has 3 aromatic rings. The van der Waals surface area contributed by atoms with E-state index in [0.717, 1.165) is 36.1 Å². The molecule has 3 heterocycles. The summed E-state index contributed by atoms with van der Waals surface area (Å²) in [4.78, 5) is 17.9. The van der Waals surface area contributed by atoms with Crippen molar-refractivity contribution in [3.05, 3.63) is 75.8 Å². The van der Waals surface area contributed by atoms with Gasteiger partial charge in [0.2, 0.25) is 0 Å². The Balaban J connectivity index is 1.44. The van der Waals surface area contributed by atoms with Gasteiger partial charge in [0.15, 0.2) is 12.1 Å². The van der Waals surface area contributed by atoms with Gasteiger partial charge in [-0.3, -0.25) is 14.4 Å². The number of aliphatic hydroxyl groups excluding tert-OH is 1. The Hall–Kier alpha value is -3.11. The number of amides is 1. The molecule has 5 rings (SSSR count). The highest BCUT2D eigenvalue weighted by molar-refractivity contribution is 6.30. The predicted octanol–water partition coefficient (Wildman–Crippen LogP) is 3.39. The smallest absolute Gasteiger partial charge is 0.251 e. The van der Waals surface area contributed by atoms with Crippen LogP contribution in [0.5, 0.6) is 0 Å². The van der Waals surface area contributed by atoms with Crippen molar-refractivity contribution in [2.45, 2.75) is 38.5 Å². The van der Waals surface area contributed by atoms with E-state index in [2.05, 4.69) is 15.5 Å². The molecule has 1 aromatic heterocycles. The maximum absolute atomic E-state index is 13.0. The van der Waals surface area contributed by atoms with Gasteiger partial charge in [0, 0.05) is 34.9 Å². The van der Waals surface area contributed by atoms with Crippen LogP contribution in [0.3, 0.4) is 0 Å². The Labute approximate surface area is 214 Å². The van der Waals surface area contributed by atoms with Crippen LogP contribution in [0.25, 0.3) is 5.69 Å². The maximum Gasteiger partial charge on any atom is 0.251 e. The topological polar surface area (TPSA) is 111 Å². The van der Waals surface area contributed by atoms with Crippen LogP contribution in [-0.4, -0.2) is 64.1 Å². The number of aryl methyl sites for hydroxylation is 1. The molecular weight excluding hydrogens is 482 g/mol. The lowest BCUT2D eigenvalue weighted by atomic mass is 9.98. The van der Waals surface area contributed by atoms with Crippen LogP contribution in [0.15, 0.2) is 47.5 Å². The molecule has 2 N–H and O–H groups in total. The first-order valence-corrected chi connectivity index (χ1v) is 12.5. The Kier molecular flexibility index (Phi) is 7.43. The third-order valence-corrected chi connectivity index (χ3v) is 6.56. The second-order valence-electron chi connectivity index (χ2n) is 8.78. The standard InChI is InChI=1S/C26H28ClN5O4/c1-16-30-31-25-21(15-33)29-24(17-5-8-19(27)9-6-17)20-14-18(7-10-22(20)32(16)25)26(34)28-11-13-36-23-4-2-3-12-35-23/h5-10,14,21,23,33H,2-4,11-13,15H2,1H3,(H,28,34)/t21-,23?/m0/s1. The number of nitrogens with one attached hydrogen (secondary N) is 1. The minimum absolute atomic E-state index is 0.193. The van der Waals surface area contributed by atoms with E-state index < -0.39 is 6.04 Å². The summed E-state index contributed by atoms with van der Waals surface area (Å²) in [6.07, 6.45) is 2.84. The zero-order valence-electron chi connectivity index (χ0n) is 20.0. The Morgan fingerprint density at radius 2 is 2.06 bits per heavy atom. The highest BCUT2D eigenvalue weighted by Gasteiger charge is 2.28. The molecule has 0 aliphatic carbocycles. The summed E-state index contributed by atoms with van der Waals surface area (Å²) in [5.41, 5.74) is 3.45. The summed E-state index contributed by atoms with van der Waals surface area (Å²) in [6.45, 7) is 3.07. The third-order valence-electron chi connectivity index (χ3n) is 6.31. The summed E-state index contributed by atoms with van der Waals surface area (Å²) in [7, 11) is 0. The van der Waals surface area contributed by atoms with Gasteiger partial charge in [-0.15, -0.1) is 10.2 Å². The number of aliphatic hydroxyl groups is 1. The van der Waals surface area contributed by atoms with Crippen molar-refractivity contribution in [1.82, 2.24) is 20.1 Å². The summed E-state index contributed by atoms with van der Waals surface area (Å²) in [5.74, 6) is 0.987. The normalized spacial score (nSPS) is 19.1. The number of fused-ring (bicyclic) bond motifs is 3. The molecule has 0 saturated carbocycles. The molecule has 9 nitrogen and oxygen atoms in total. The van der Waals surface area contributed by atoms with Gasteiger partial charge in [-0.25, -0.2) is 0 Å². The van der Waals surface area contributed by atoms with Crippen molar-refractivity contribution in [3.63, 3.8) is 0 Å². The predicted molar refractivity (Wildman–Crippen MR) is 135 cm³/mol. The molecule has 2 aliphatic rings. The second kappa shape index (κ2) is 10.9. The highest BCUT2D eigenvalue weighted by atomic mass is 35.5. The van der Waals surface area contributed by atoms with Crippen LogP contribution in [-0.2, 0) is 9.47 Å². The molecule has 1 amide bonds. The first-order chi connectivity index (χ1) is 17.5. The third kappa shape index (κ3) is 5.05. The Morgan fingerprint density at radius 3 is 2.81 bits per heavy atom. The van der Waals surface area contributed by atoms with Crippen LogP contribution in [0.4, 0.5) is 0 Å². The average Bonchev–Trinajstić information content (AvgIpc) is 3.22. The van der Waals surface area contributed by atoms with Gasteiger partial charge in [-0.1, -0.05) is 23.7 Å². The number of rotatable bonds is 7. The van der Waals surface area contributed by atoms with E-state index in [0.29, 0.717) is 47.7 Å². The number of carbonyl (C=O) groups is 1. The lowest BCUT2D eigenvalue weighted by Crippen LogP contribution is -2.30. The van der Waals surface area contributed by atoms with Crippen molar-refractivity contribution in [1.29, 1.82) is 0 Å². The van der Waals surface area contributed by atoms with Crippen molar-refractivity contribution in [3.8, 4) is 5.69 Å². The number of nitrogens with zero attached hydrogens (tertiary/aromatic N) is 4. The van der Waals surface area contributed by atoms with E-state index in [1.807, 2.05) is 35.8 Å². The van der Waals surface area contributed by atoms with Gasteiger partial charge in [0.05, 0.1) is 24.6 Å². The fourth-order valence-electron chi connectivity index (χ4n) is 4.50. The van der Waals surface area contributed by atoms with E-state index >= 15 is 0 Å². The van der Waals surface area contributed by atoms with Gasteiger partial charge in [-0.05, 0) is 56.5 Å². The fourth-order valence-corrected chi connectivity index (χ4v) is 4.62. The van der Waals surface area contributed by atoms with Gasteiger partial charge in [-0.2, -0.15) is 0 Å². The number of hydrogen-bond acceptors (Lipinski definition) is 7. The molecular formula is C26H28ClN5O4. The van der Waals surface area contributed by atoms with Gasteiger partial charge >= 0.3 is 0 Å². The molecule has 36 heavy (non-hydrogen) atoms. The van der Waals surface area contributed by atoms with Crippen LogP contribution in [0, 0.1) is 6.92 Å². The van der Waals surface area contributed by atoms with Gasteiger partial charge < -0.3 is 19.9 Å². The number of halogens is 1. The van der Waals surface area contributed by atoms with Crippen molar-refractivity contribution >= 4 is 23.2 Å². The van der Waals surface area contributed by atoms with Crippen molar-refractivity contribution in [2.24, 2.45) is 4.99 Å².